The minimum absolute atomic E-state index is 0.0403. The number of aromatic hydroxyl groups is 1. The van der Waals surface area contributed by atoms with E-state index in [1.165, 1.54) is 14.2 Å². The Morgan fingerprint density at radius 1 is 1.18 bits per heavy atom. The molecule has 0 fully saturated rings. The highest BCUT2D eigenvalue weighted by Gasteiger charge is 2.15. The van der Waals surface area contributed by atoms with Gasteiger partial charge >= 0.3 is 0 Å². The van der Waals surface area contributed by atoms with E-state index >= 15 is 0 Å². The lowest BCUT2D eigenvalue weighted by Crippen LogP contribution is -1.99. The summed E-state index contributed by atoms with van der Waals surface area (Å²) in [5, 5.41) is 19.7. The Kier molecular flexibility index (Phi) is 5.10. The third-order valence-corrected chi connectivity index (χ3v) is 2.72. The number of unbranched alkanes of at least 4 members (excludes halogenated alkanes) is 1. The van der Waals surface area contributed by atoms with Crippen molar-refractivity contribution in [2.75, 3.05) is 14.2 Å². The Balaban J connectivity index is 2.99. The van der Waals surface area contributed by atoms with E-state index < -0.39 is 6.10 Å². The molecule has 1 rings (SSSR count). The molecule has 0 aliphatic carbocycles. The van der Waals surface area contributed by atoms with Crippen LogP contribution in [0.25, 0.3) is 0 Å². The standard InChI is InChI=1S/C13H20O4/c1-4-5-6-10(14)9-7-11(16-2)13(15)12(8-9)17-3/h7-8,10,14-15H,4-6H2,1-3H3. The van der Waals surface area contributed by atoms with Crippen molar-refractivity contribution in [2.45, 2.75) is 32.3 Å². The molecular formula is C13H20O4. The van der Waals surface area contributed by atoms with Crippen LogP contribution >= 0.6 is 0 Å². The van der Waals surface area contributed by atoms with Crippen molar-refractivity contribution in [3.8, 4) is 17.2 Å². The van der Waals surface area contributed by atoms with Crippen LogP contribution in [0.5, 0.6) is 17.2 Å². The predicted molar refractivity (Wildman–Crippen MR) is 65.7 cm³/mol. The molecule has 4 heteroatoms. The highest BCUT2D eigenvalue weighted by atomic mass is 16.5. The second-order valence-corrected chi connectivity index (χ2v) is 3.93. The zero-order valence-corrected chi connectivity index (χ0v) is 10.6. The van der Waals surface area contributed by atoms with Gasteiger partial charge in [-0.05, 0) is 24.1 Å². The van der Waals surface area contributed by atoms with Gasteiger partial charge in [-0.15, -0.1) is 0 Å². The van der Waals surface area contributed by atoms with Gasteiger partial charge in [0.05, 0.1) is 20.3 Å². The quantitative estimate of drug-likeness (QED) is 0.802. The van der Waals surface area contributed by atoms with E-state index in [2.05, 4.69) is 6.92 Å². The molecule has 0 spiro atoms. The minimum atomic E-state index is -0.557. The van der Waals surface area contributed by atoms with Gasteiger partial charge < -0.3 is 19.7 Å². The molecule has 1 unspecified atom stereocenters. The number of hydrogen-bond acceptors (Lipinski definition) is 4. The fourth-order valence-corrected chi connectivity index (χ4v) is 1.67. The van der Waals surface area contributed by atoms with Crippen molar-refractivity contribution in [1.29, 1.82) is 0 Å². The number of hydrogen-bond donors (Lipinski definition) is 2. The van der Waals surface area contributed by atoms with Crippen LogP contribution in [-0.2, 0) is 0 Å². The van der Waals surface area contributed by atoms with Gasteiger partial charge in [0.2, 0.25) is 5.75 Å². The molecule has 0 amide bonds. The van der Waals surface area contributed by atoms with Crippen LogP contribution in [0.4, 0.5) is 0 Å². The average molecular weight is 240 g/mol. The maximum absolute atomic E-state index is 9.99. The van der Waals surface area contributed by atoms with Crippen LogP contribution in [0.15, 0.2) is 12.1 Å². The molecule has 1 aromatic rings. The molecule has 4 nitrogen and oxygen atoms in total. The normalized spacial score (nSPS) is 12.2. The SMILES string of the molecule is CCCCC(O)c1cc(OC)c(O)c(OC)c1. The first kappa shape index (κ1) is 13.6. The Hall–Kier alpha value is -1.42. The van der Waals surface area contributed by atoms with E-state index in [4.69, 9.17) is 9.47 Å². The number of aliphatic hydroxyl groups excluding tert-OH is 1. The lowest BCUT2D eigenvalue weighted by atomic mass is 10.0. The molecule has 1 atom stereocenters. The molecule has 1 aromatic carbocycles. The minimum Gasteiger partial charge on any atom is -0.502 e. The predicted octanol–water partition coefficient (Wildman–Crippen LogP) is 2.63. The number of ether oxygens (including phenoxy) is 2. The third kappa shape index (κ3) is 3.27. The van der Waals surface area contributed by atoms with Gasteiger partial charge in [0, 0.05) is 0 Å². The Bertz CT molecular complexity index is 337. The maximum atomic E-state index is 9.99. The first-order valence-corrected chi connectivity index (χ1v) is 5.77. The maximum Gasteiger partial charge on any atom is 0.200 e. The summed E-state index contributed by atoms with van der Waals surface area (Å²) in [6, 6.07) is 3.27. The van der Waals surface area contributed by atoms with E-state index in [0.29, 0.717) is 23.5 Å². The van der Waals surface area contributed by atoms with Crippen LogP contribution in [-0.4, -0.2) is 24.4 Å². The second-order valence-electron chi connectivity index (χ2n) is 3.93. The van der Waals surface area contributed by atoms with Gasteiger partial charge in [0.15, 0.2) is 11.5 Å². The number of rotatable bonds is 6. The summed E-state index contributed by atoms with van der Waals surface area (Å²) in [5.41, 5.74) is 0.699. The summed E-state index contributed by atoms with van der Waals surface area (Å²) >= 11 is 0. The van der Waals surface area contributed by atoms with E-state index in [0.717, 1.165) is 12.8 Å². The van der Waals surface area contributed by atoms with Crippen LogP contribution in [0.3, 0.4) is 0 Å². The molecule has 0 aliphatic heterocycles. The summed E-state index contributed by atoms with van der Waals surface area (Å²) < 4.78 is 10.1. The molecule has 0 aliphatic rings. The zero-order valence-electron chi connectivity index (χ0n) is 10.6. The summed E-state index contributed by atoms with van der Waals surface area (Å²) in [6.07, 6.45) is 2.11. The van der Waals surface area contributed by atoms with E-state index in [1.54, 1.807) is 12.1 Å². The van der Waals surface area contributed by atoms with Gasteiger partial charge in [0.1, 0.15) is 0 Å². The lowest BCUT2D eigenvalue weighted by molar-refractivity contribution is 0.163. The smallest absolute Gasteiger partial charge is 0.200 e. The van der Waals surface area contributed by atoms with Gasteiger partial charge in [-0.3, -0.25) is 0 Å². The van der Waals surface area contributed by atoms with Crippen molar-refractivity contribution in [3.05, 3.63) is 17.7 Å². The molecule has 0 aromatic heterocycles. The molecule has 0 saturated carbocycles. The Labute approximate surface area is 102 Å². The number of phenols is 1. The fraction of sp³-hybridized carbons (Fsp3) is 0.538. The summed E-state index contributed by atoms with van der Waals surface area (Å²) in [7, 11) is 2.94. The largest absolute Gasteiger partial charge is 0.502 e. The Morgan fingerprint density at radius 2 is 1.71 bits per heavy atom. The molecule has 2 N–H and O–H groups in total. The summed E-state index contributed by atoms with van der Waals surface area (Å²) in [6.45, 7) is 2.07. The molecule has 0 heterocycles. The number of benzene rings is 1. The number of phenolic OH excluding ortho intramolecular Hbond substituents is 1. The summed E-state index contributed by atoms with van der Waals surface area (Å²) in [4.78, 5) is 0. The van der Waals surface area contributed by atoms with E-state index in [1.807, 2.05) is 0 Å². The Morgan fingerprint density at radius 3 is 2.12 bits per heavy atom. The highest BCUT2D eigenvalue weighted by Crippen LogP contribution is 2.39. The molecule has 0 radical (unpaired) electrons. The van der Waals surface area contributed by atoms with E-state index in [9.17, 15) is 10.2 Å². The van der Waals surface area contributed by atoms with Crippen molar-refractivity contribution >= 4 is 0 Å². The molecule has 96 valence electrons. The van der Waals surface area contributed by atoms with Crippen LogP contribution in [0, 0.1) is 0 Å². The fourth-order valence-electron chi connectivity index (χ4n) is 1.67. The molecular weight excluding hydrogens is 220 g/mol. The van der Waals surface area contributed by atoms with Gasteiger partial charge in [0.25, 0.3) is 0 Å². The van der Waals surface area contributed by atoms with Crippen molar-refractivity contribution in [2.24, 2.45) is 0 Å². The van der Waals surface area contributed by atoms with Crippen LogP contribution in [0.1, 0.15) is 37.9 Å². The molecule has 0 saturated heterocycles. The number of methoxy groups -OCH3 is 2. The van der Waals surface area contributed by atoms with Gasteiger partial charge in [-0.25, -0.2) is 0 Å². The zero-order chi connectivity index (χ0) is 12.8. The molecule has 17 heavy (non-hydrogen) atoms. The third-order valence-electron chi connectivity index (χ3n) is 2.72. The van der Waals surface area contributed by atoms with Gasteiger partial charge in [-0.1, -0.05) is 19.8 Å². The summed E-state index contributed by atoms with van der Waals surface area (Å²) in [5.74, 6) is 0.589. The van der Waals surface area contributed by atoms with Gasteiger partial charge in [-0.2, -0.15) is 0 Å². The van der Waals surface area contributed by atoms with Crippen LogP contribution in [0.2, 0.25) is 0 Å². The van der Waals surface area contributed by atoms with Crippen molar-refractivity contribution in [1.82, 2.24) is 0 Å². The van der Waals surface area contributed by atoms with Crippen molar-refractivity contribution < 1.29 is 19.7 Å². The average Bonchev–Trinajstić information content (AvgIpc) is 2.36. The van der Waals surface area contributed by atoms with Crippen molar-refractivity contribution in [3.63, 3.8) is 0 Å². The molecule has 0 bridgehead atoms. The lowest BCUT2D eigenvalue weighted by Gasteiger charge is -2.15. The monoisotopic (exact) mass is 240 g/mol. The first-order chi connectivity index (χ1) is 8.13. The topological polar surface area (TPSA) is 58.9 Å². The van der Waals surface area contributed by atoms with Crippen LogP contribution < -0.4 is 9.47 Å². The second kappa shape index (κ2) is 6.35. The first-order valence-electron chi connectivity index (χ1n) is 5.77. The van der Waals surface area contributed by atoms with E-state index in [-0.39, 0.29) is 5.75 Å². The number of aliphatic hydroxyl groups is 1. The highest BCUT2D eigenvalue weighted by molar-refractivity contribution is 5.53.